The van der Waals surface area contributed by atoms with Crippen LogP contribution in [-0.2, 0) is 0 Å². The topological polar surface area (TPSA) is 18.5 Å². The molecule has 0 aliphatic carbocycles. The Labute approximate surface area is 145 Å². The van der Waals surface area contributed by atoms with Gasteiger partial charge in [0.2, 0.25) is 0 Å². The molecular weight excluding hydrogens is 301 g/mol. The summed E-state index contributed by atoms with van der Waals surface area (Å²) in [7, 11) is 1.46. The molecule has 1 N–H and O–H groups in total. The Bertz CT molecular complexity index is 435. The summed E-state index contributed by atoms with van der Waals surface area (Å²) in [5, 5.41) is 4.83. The van der Waals surface area contributed by atoms with E-state index >= 15 is 0 Å². The van der Waals surface area contributed by atoms with Gasteiger partial charge in [0, 0.05) is 42.2 Å². The highest BCUT2D eigenvalue weighted by Gasteiger charge is 2.35. The van der Waals surface area contributed by atoms with E-state index in [1.165, 1.54) is 11.0 Å². The molecule has 0 spiro atoms. The molecule has 1 aromatic carbocycles. The van der Waals surface area contributed by atoms with Crippen LogP contribution in [0.1, 0.15) is 55.4 Å². The van der Waals surface area contributed by atoms with Crippen LogP contribution in [0.25, 0.3) is 0 Å². The molecule has 0 radical (unpaired) electrons. The van der Waals surface area contributed by atoms with Gasteiger partial charge in [0.1, 0.15) is 0 Å². The van der Waals surface area contributed by atoms with E-state index in [0.717, 1.165) is 0 Å². The highest BCUT2D eigenvalue weighted by Crippen LogP contribution is 2.50. The number of nitrogens with one attached hydrogen (secondary N) is 1. The molecular formula is C19H36N3P. The maximum Gasteiger partial charge on any atom is 0.0755 e. The van der Waals surface area contributed by atoms with Crippen LogP contribution < -0.4 is 10.6 Å². The summed E-state index contributed by atoms with van der Waals surface area (Å²) in [6, 6.07) is 10.8. The first-order chi connectivity index (χ1) is 10.7. The number of benzene rings is 1. The fraction of sp³-hybridized carbons (Fsp3) is 0.684. The lowest BCUT2D eigenvalue weighted by Crippen LogP contribution is -2.46. The molecule has 3 nitrogen and oxygen atoms in total. The molecule has 0 atom stereocenters. The van der Waals surface area contributed by atoms with Crippen molar-refractivity contribution in [3.8, 4) is 0 Å². The quantitative estimate of drug-likeness (QED) is 0.681. The Morgan fingerprint density at radius 1 is 0.739 bits per heavy atom. The zero-order valence-corrected chi connectivity index (χ0v) is 17.4. The first-order valence-electron chi connectivity index (χ1n) is 8.85. The van der Waals surface area contributed by atoms with E-state index < -0.39 is 8.22 Å². The molecule has 0 bridgehead atoms. The van der Waals surface area contributed by atoms with Crippen LogP contribution in [0.4, 0.5) is 5.69 Å². The van der Waals surface area contributed by atoms with Crippen LogP contribution in [0.5, 0.6) is 0 Å². The number of anilines is 1. The van der Waals surface area contributed by atoms with Crippen molar-refractivity contribution >= 4 is 19.2 Å². The van der Waals surface area contributed by atoms with E-state index in [9.17, 15) is 0 Å². The van der Waals surface area contributed by atoms with E-state index in [4.69, 9.17) is 0 Å². The van der Waals surface area contributed by atoms with Crippen molar-refractivity contribution in [2.45, 2.75) is 79.6 Å². The van der Waals surface area contributed by atoms with Gasteiger partial charge in [0.15, 0.2) is 0 Å². The van der Waals surface area contributed by atoms with Crippen LogP contribution in [0.3, 0.4) is 0 Å². The van der Waals surface area contributed by atoms with Crippen LogP contribution in [0, 0.1) is 0 Å². The van der Waals surface area contributed by atoms with Gasteiger partial charge in [-0.2, -0.15) is 0 Å². The van der Waals surface area contributed by atoms with Gasteiger partial charge in [0.25, 0.3) is 0 Å². The third-order valence-electron chi connectivity index (χ3n) is 3.94. The normalized spacial score (nSPS) is 12.7. The molecule has 0 aliphatic rings. The van der Waals surface area contributed by atoms with Gasteiger partial charge in [-0.3, -0.25) is 9.34 Å². The first-order valence-corrected chi connectivity index (χ1v) is 10.1. The standard InChI is InChI=1S/C19H36N3P/c1-14(2)21(15(3)4)23(22(16(5)6)17(7)8)19-13-11-10-12-18(19)20-9/h10-17,20H,1-9H3. The number of rotatable bonds is 8. The SMILES string of the molecule is CNc1ccccc1P(N(C(C)C)C(C)C)N(C(C)C)C(C)C. The molecule has 0 fully saturated rings. The Morgan fingerprint density at radius 2 is 1.13 bits per heavy atom. The summed E-state index contributed by atoms with van der Waals surface area (Å²) in [6.07, 6.45) is 0. The fourth-order valence-corrected chi connectivity index (χ4v) is 6.40. The first kappa shape index (κ1) is 20.4. The molecule has 132 valence electrons. The van der Waals surface area contributed by atoms with E-state index in [1.807, 2.05) is 7.05 Å². The minimum Gasteiger partial charge on any atom is -0.388 e. The second kappa shape index (κ2) is 9.01. The molecule has 0 aromatic heterocycles. The maximum atomic E-state index is 3.40. The van der Waals surface area contributed by atoms with Gasteiger partial charge in [-0.25, -0.2) is 0 Å². The summed E-state index contributed by atoms with van der Waals surface area (Å²) in [5.74, 6) is 0. The van der Waals surface area contributed by atoms with Crippen molar-refractivity contribution in [1.82, 2.24) is 9.34 Å². The third-order valence-corrected chi connectivity index (χ3v) is 7.49. The van der Waals surface area contributed by atoms with Crippen molar-refractivity contribution in [2.24, 2.45) is 0 Å². The minimum atomic E-state index is -0.563. The van der Waals surface area contributed by atoms with Gasteiger partial charge in [0.05, 0.1) is 8.22 Å². The predicted molar refractivity (Wildman–Crippen MR) is 107 cm³/mol. The molecule has 0 amide bonds. The Kier molecular flexibility index (Phi) is 8.00. The summed E-state index contributed by atoms with van der Waals surface area (Å²) >= 11 is 0. The highest BCUT2D eigenvalue weighted by atomic mass is 31.1. The number of hydrogen-bond donors (Lipinski definition) is 1. The third kappa shape index (κ3) is 4.92. The van der Waals surface area contributed by atoms with E-state index in [1.54, 1.807) is 0 Å². The van der Waals surface area contributed by atoms with E-state index in [0.29, 0.717) is 24.2 Å². The lowest BCUT2D eigenvalue weighted by atomic mass is 10.3. The molecule has 1 aromatic rings. The zero-order valence-electron chi connectivity index (χ0n) is 16.5. The largest absolute Gasteiger partial charge is 0.388 e. The van der Waals surface area contributed by atoms with Crippen molar-refractivity contribution < 1.29 is 0 Å². The smallest absolute Gasteiger partial charge is 0.0755 e. The van der Waals surface area contributed by atoms with Crippen molar-refractivity contribution in [3.63, 3.8) is 0 Å². The Hall–Kier alpha value is -0.630. The zero-order chi connectivity index (χ0) is 17.7. The van der Waals surface area contributed by atoms with Crippen molar-refractivity contribution in [2.75, 3.05) is 12.4 Å². The van der Waals surface area contributed by atoms with Gasteiger partial charge < -0.3 is 5.32 Å². The van der Waals surface area contributed by atoms with Gasteiger partial charge in [-0.15, -0.1) is 0 Å². The highest BCUT2D eigenvalue weighted by molar-refractivity contribution is 7.61. The second-order valence-electron chi connectivity index (χ2n) is 7.19. The molecule has 0 heterocycles. The van der Waals surface area contributed by atoms with Crippen LogP contribution in [-0.4, -0.2) is 40.6 Å². The second-order valence-corrected chi connectivity index (χ2v) is 9.18. The summed E-state index contributed by atoms with van der Waals surface area (Å²) in [6.45, 7) is 18.5. The molecule has 1 rings (SSSR count). The average Bonchev–Trinajstić information content (AvgIpc) is 2.44. The molecule has 4 heteroatoms. The molecule has 0 saturated carbocycles. The van der Waals surface area contributed by atoms with Gasteiger partial charge >= 0.3 is 0 Å². The predicted octanol–water partition coefficient (Wildman–Crippen LogP) is 4.90. The average molecular weight is 337 g/mol. The lowest BCUT2D eigenvalue weighted by Gasteiger charge is -2.47. The molecule has 0 saturated heterocycles. The van der Waals surface area contributed by atoms with Crippen LogP contribution >= 0.6 is 8.22 Å². The number of nitrogens with zero attached hydrogens (tertiary/aromatic N) is 2. The van der Waals surface area contributed by atoms with Crippen LogP contribution in [0.15, 0.2) is 24.3 Å². The summed E-state index contributed by atoms with van der Waals surface area (Å²) in [5.41, 5.74) is 1.25. The summed E-state index contributed by atoms with van der Waals surface area (Å²) in [4.78, 5) is 0. The van der Waals surface area contributed by atoms with Gasteiger partial charge in [-0.05, 0) is 67.5 Å². The Morgan fingerprint density at radius 3 is 1.48 bits per heavy atom. The minimum absolute atomic E-state index is 0.506. The van der Waals surface area contributed by atoms with Crippen molar-refractivity contribution in [3.05, 3.63) is 24.3 Å². The van der Waals surface area contributed by atoms with Crippen molar-refractivity contribution in [1.29, 1.82) is 0 Å². The maximum absolute atomic E-state index is 3.40. The van der Waals surface area contributed by atoms with E-state index in [2.05, 4.69) is 94.3 Å². The Balaban J connectivity index is 3.52. The lowest BCUT2D eigenvalue weighted by molar-refractivity contribution is 0.261. The van der Waals surface area contributed by atoms with Crippen LogP contribution in [0.2, 0.25) is 0 Å². The molecule has 0 unspecified atom stereocenters. The molecule has 0 aliphatic heterocycles. The summed E-state index contributed by atoms with van der Waals surface area (Å²) < 4.78 is 5.37. The monoisotopic (exact) mass is 337 g/mol. The van der Waals surface area contributed by atoms with E-state index in [-0.39, 0.29) is 0 Å². The number of para-hydroxylation sites is 1. The number of hydrogen-bond acceptors (Lipinski definition) is 3. The fourth-order valence-electron chi connectivity index (χ4n) is 3.30. The molecule has 23 heavy (non-hydrogen) atoms. The van der Waals surface area contributed by atoms with Gasteiger partial charge in [-0.1, -0.05) is 12.1 Å².